The molecule has 4 rings (SSSR count). The van der Waals surface area contributed by atoms with Crippen LogP contribution in [0.15, 0.2) is 79.1 Å². The third kappa shape index (κ3) is 2.63. The third-order valence-corrected chi connectivity index (χ3v) is 4.16. The third-order valence-electron chi connectivity index (χ3n) is 4.16. The van der Waals surface area contributed by atoms with Crippen LogP contribution < -0.4 is 9.67 Å². The topological polar surface area (TPSA) is 83.0 Å². The molecule has 0 saturated heterocycles. The lowest BCUT2D eigenvalue weighted by Crippen LogP contribution is -2.32. The first kappa shape index (κ1) is 15.7. The van der Waals surface area contributed by atoms with Crippen molar-refractivity contribution in [2.45, 2.75) is 0 Å². The van der Waals surface area contributed by atoms with Crippen molar-refractivity contribution in [3.63, 3.8) is 0 Å². The van der Waals surface area contributed by atoms with Crippen molar-refractivity contribution in [1.29, 1.82) is 0 Å². The van der Waals surface area contributed by atoms with Crippen LogP contribution in [-0.4, -0.2) is 9.91 Å². The Morgan fingerprint density at radius 3 is 2.31 bits per heavy atom. The van der Waals surface area contributed by atoms with Crippen molar-refractivity contribution >= 4 is 16.6 Å². The van der Waals surface area contributed by atoms with Crippen LogP contribution in [0.4, 0.5) is 5.69 Å². The largest absolute Gasteiger partial charge is 0.854 e. The second kappa shape index (κ2) is 6.25. The number of fused-ring (bicyclic) bond motifs is 1. The van der Waals surface area contributed by atoms with Crippen LogP contribution in [0.2, 0.25) is 0 Å². The van der Waals surface area contributed by atoms with Crippen LogP contribution in [0.25, 0.3) is 27.7 Å². The molecule has 0 aliphatic heterocycles. The van der Waals surface area contributed by atoms with Gasteiger partial charge >= 0.3 is 0 Å². The van der Waals surface area contributed by atoms with E-state index in [4.69, 9.17) is 0 Å². The van der Waals surface area contributed by atoms with Crippen molar-refractivity contribution in [3.05, 3.63) is 89.2 Å². The first-order chi connectivity index (χ1) is 12.6. The molecule has 6 heteroatoms. The van der Waals surface area contributed by atoms with Crippen LogP contribution >= 0.6 is 0 Å². The van der Waals surface area contributed by atoms with E-state index >= 15 is 0 Å². The average Bonchev–Trinajstić information content (AvgIpc) is 2.68. The van der Waals surface area contributed by atoms with E-state index < -0.39 is 4.92 Å². The molecule has 2 aromatic heterocycles. The van der Waals surface area contributed by atoms with Gasteiger partial charge in [-0.15, -0.1) is 0 Å². The number of nitrogens with zero attached hydrogens (tertiary/aromatic N) is 3. The van der Waals surface area contributed by atoms with Crippen molar-refractivity contribution in [1.82, 2.24) is 4.98 Å². The van der Waals surface area contributed by atoms with Gasteiger partial charge in [-0.2, -0.15) is 4.57 Å². The molecule has 0 saturated carbocycles. The molecule has 0 N–H and O–H groups in total. The fourth-order valence-corrected chi connectivity index (χ4v) is 3.02. The quantitative estimate of drug-likeness (QED) is 0.325. The van der Waals surface area contributed by atoms with E-state index in [-0.39, 0.29) is 11.6 Å². The molecule has 0 bridgehead atoms. The van der Waals surface area contributed by atoms with Gasteiger partial charge in [0.15, 0.2) is 12.4 Å². The minimum Gasteiger partial charge on any atom is -0.854 e. The summed E-state index contributed by atoms with van der Waals surface area (Å²) in [4.78, 5) is 14.9. The molecular weight excluding hydrogens is 330 g/mol. The molecule has 0 unspecified atom stereocenters. The number of pyridine rings is 2. The zero-order valence-electron chi connectivity index (χ0n) is 13.6. The highest BCUT2D eigenvalue weighted by atomic mass is 16.6. The van der Waals surface area contributed by atoms with E-state index in [1.807, 2.05) is 48.5 Å². The number of hydrogen-bond acceptors (Lipinski definition) is 4. The smallest absolute Gasteiger partial charge is 0.270 e. The van der Waals surface area contributed by atoms with Gasteiger partial charge in [-0.25, -0.2) is 0 Å². The lowest BCUT2D eigenvalue weighted by molar-refractivity contribution is -0.599. The molecule has 0 amide bonds. The molecule has 4 aromatic rings. The second-order valence-corrected chi connectivity index (χ2v) is 5.75. The molecule has 0 aliphatic carbocycles. The Morgan fingerprint density at radius 2 is 1.62 bits per heavy atom. The lowest BCUT2D eigenvalue weighted by atomic mass is 9.98. The van der Waals surface area contributed by atoms with Crippen LogP contribution in [0.3, 0.4) is 0 Å². The first-order valence-electron chi connectivity index (χ1n) is 7.96. The molecule has 0 radical (unpaired) electrons. The number of aromatic nitrogens is 2. The van der Waals surface area contributed by atoms with E-state index in [0.29, 0.717) is 22.2 Å². The van der Waals surface area contributed by atoms with E-state index in [9.17, 15) is 15.2 Å². The summed E-state index contributed by atoms with van der Waals surface area (Å²) < 4.78 is 1.69. The molecule has 2 heterocycles. The Balaban J connectivity index is 2.16. The molecule has 2 aromatic carbocycles. The minimum absolute atomic E-state index is 0.0425. The summed E-state index contributed by atoms with van der Waals surface area (Å²) >= 11 is 0. The lowest BCUT2D eigenvalue weighted by Gasteiger charge is -2.15. The molecule has 0 atom stereocenters. The van der Waals surface area contributed by atoms with Gasteiger partial charge in [0.25, 0.3) is 5.69 Å². The van der Waals surface area contributed by atoms with E-state index in [0.717, 1.165) is 5.56 Å². The van der Waals surface area contributed by atoms with Gasteiger partial charge in [0.1, 0.15) is 0 Å². The fourth-order valence-electron chi connectivity index (χ4n) is 3.02. The maximum Gasteiger partial charge on any atom is 0.270 e. The molecule has 0 fully saturated rings. The van der Waals surface area contributed by atoms with Crippen LogP contribution in [0.1, 0.15) is 0 Å². The maximum absolute atomic E-state index is 12.8. The summed E-state index contributed by atoms with van der Waals surface area (Å²) in [6.07, 6.45) is 3.52. The molecular formula is C20H13N3O3. The second-order valence-electron chi connectivity index (χ2n) is 5.75. The number of non-ortho nitro benzene ring substituents is 1. The molecule has 26 heavy (non-hydrogen) atoms. The van der Waals surface area contributed by atoms with Crippen molar-refractivity contribution < 1.29 is 14.6 Å². The van der Waals surface area contributed by atoms with E-state index in [1.165, 1.54) is 18.2 Å². The summed E-state index contributed by atoms with van der Waals surface area (Å²) in [5, 5.41) is 24.6. The Morgan fingerprint density at radius 1 is 0.923 bits per heavy atom. The highest BCUT2D eigenvalue weighted by Crippen LogP contribution is 2.36. The molecule has 126 valence electrons. The summed E-state index contributed by atoms with van der Waals surface area (Å²) in [6, 6.07) is 19.2. The minimum atomic E-state index is -0.450. The number of benzene rings is 2. The Labute approximate surface area is 148 Å². The zero-order chi connectivity index (χ0) is 18.1. The normalized spacial score (nSPS) is 10.8. The highest BCUT2D eigenvalue weighted by molar-refractivity contribution is 5.99. The molecule has 0 spiro atoms. The van der Waals surface area contributed by atoms with Gasteiger partial charge < -0.3 is 5.11 Å². The average molecular weight is 343 g/mol. The van der Waals surface area contributed by atoms with Gasteiger partial charge in [-0.05, 0) is 11.6 Å². The van der Waals surface area contributed by atoms with Crippen LogP contribution in [-0.2, 0) is 0 Å². The van der Waals surface area contributed by atoms with Gasteiger partial charge in [-0.3, -0.25) is 15.1 Å². The summed E-state index contributed by atoms with van der Waals surface area (Å²) in [6.45, 7) is 0. The van der Waals surface area contributed by atoms with Crippen LogP contribution in [0.5, 0.6) is 5.88 Å². The van der Waals surface area contributed by atoms with E-state index in [1.54, 1.807) is 17.0 Å². The monoisotopic (exact) mass is 343 g/mol. The molecule has 6 nitrogen and oxygen atoms in total. The number of nitro benzene ring substituents is 1. The number of rotatable bonds is 3. The van der Waals surface area contributed by atoms with Crippen molar-refractivity contribution in [3.8, 4) is 22.7 Å². The van der Waals surface area contributed by atoms with Gasteiger partial charge in [-0.1, -0.05) is 36.4 Å². The van der Waals surface area contributed by atoms with Gasteiger partial charge in [0, 0.05) is 29.7 Å². The first-order valence-corrected chi connectivity index (χ1v) is 7.96. The van der Waals surface area contributed by atoms with Gasteiger partial charge in [0.05, 0.1) is 21.9 Å². The van der Waals surface area contributed by atoms with Gasteiger partial charge in [0.2, 0.25) is 5.69 Å². The Kier molecular flexibility index (Phi) is 3.78. The predicted molar refractivity (Wildman–Crippen MR) is 94.8 cm³/mol. The molecule has 0 aliphatic rings. The van der Waals surface area contributed by atoms with E-state index in [2.05, 4.69) is 4.98 Å². The zero-order valence-corrected chi connectivity index (χ0v) is 13.6. The summed E-state index contributed by atoms with van der Waals surface area (Å²) in [7, 11) is 0. The summed E-state index contributed by atoms with van der Waals surface area (Å²) in [5.74, 6) is -0.388. The highest BCUT2D eigenvalue weighted by Gasteiger charge is 2.21. The Hall–Kier alpha value is -3.80. The maximum atomic E-state index is 12.8. The summed E-state index contributed by atoms with van der Waals surface area (Å²) in [5.41, 5.74) is 2.17. The number of nitro groups is 1. The standard InChI is InChI=1S/C20H13N3O3/c24-20-19(22-11-5-2-6-12-22)18(14-7-3-1-4-8-14)16-13-15(23(25)26)9-10-17(16)21-20/h1-13H. The Bertz CT molecular complexity index is 1110. The fraction of sp³-hybridized carbons (Fsp3) is 0. The number of hydrogen-bond donors (Lipinski definition) is 0. The van der Waals surface area contributed by atoms with Crippen molar-refractivity contribution in [2.24, 2.45) is 0 Å². The predicted octanol–water partition coefficient (Wildman–Crippen LogP) is 3.16. The SMILES string of the molecule is O=[N+]([O-])c1ccc2nc([O-])c(-[n+]3ccccc3)c(-c3ccccc3)c2c1. The van der Waals surface area contributed by atoms with Crippen LogP contribution in [0, 0.1) is 10.1 Å². The van der Waals surface area contributed by atoms with Crippen molar-refractivity contribution in [2.75, 3.05) is 0 Å².